The van der Waals surface area contributed by atoms with Crippen molar-refractivity contribution >= 4 is 34.1 Å². The Balaban J connectivity index is 0.000000191. The van der Waals surface area contributed by atoms with Crippen LogP contribution in [0.3, 0.4) is 0 Å². The van der Waals surface area contributed by atoms with E-state index in [1.165, 1.54) is 39.6 Å². The molecule has 188 valence electrons. The van der Waals surface area contributed by atoms with Crippen molar-refractivity contribution < 1.29 is 20.1 Å². The number of benzene rings is 4. The molecule has 2 aliphatic heterocycles. The van der Waals surface area contributed by atoms with E-state index >= 15 is 0 Å². The average Bonchev–Trinajstić information content (AvgIpc) is 3.33. The van der Waals surface area contributed by atoms with Crippen LogP contribution in [0.4, 0.5) is 34.1 Å². The summed E-state index contributed by atoms with van der Waals surface area (Å²) in [5.41, 5.74) is 11.7. The van der Waals surface area contributed by atoms with Crippen molar-refractivity contribution in [3.8, 4) is 11.3 Å². The molecule has 4 nitrogen and oxygen atoms in total. The van der Waals surface area contributed by atoms with Crippen LogP contribution in [0.15, 0.2) is 103 Å². The molecular weight excluding hydrogens is 645 g/mol. The summed E-state index contributed by atoms with van der Waals surface area (Å²) < 4.78 is 0. The van der Waals surface area contributed by atoms with E-state index in [9.17, 15) is 0 Å². The minimum absolute atomic E-state index is 0. The van der Waals surface area contributed by atoms with E-state index in [2.05, 4.69) is 102 Å². The van der Waals surface area contributed by atoms with Crippen LogP contribution in [0.1, 0.15) is 11.1 Å². The van der Waals surface area contributed by atoms with Gasteiger partial charge in [0.2, 0.25) is 0 Å². The fourth-order valence-corrected chi connectivity index (χ4v) is 5.09. The van der Waals surface area contributed by atoms with Gasteiger partial charge in [0.15, 0.2) is 0 Å². The third-order valence-electron chi connectivity index (χ3n) is 6.83. The Morgan fingerprint density at radius 2 is 1.37 bits per heavy atom. The zero-order valence-electron chi connectivity index (χ0n) is 21.5. The number of aromatic nitrogens is 1. The van der Waals surface area contributed by atoms with Gasteiger partial charge in [0.25, 0.3) is 0 Å². The van der Waals surface area contributed by atoms with Gasteiger partial charge in [-0.05, 0) is 61.6 Å². The summed E-state index contributed by atoms with van der Waals surface area (Å²) in [4.78, 5) is 11.1. The van der Waals surface area contributed by atoms with Crippen molar-refractivity contribution in [3.63, 3.8) is 0 Å². The van der Waals surface area contributed by atoms with Crippen molar-refractivity contribution in [2.45, 2.75) is 13.8 Å². The van der Waals surface area contributed by atoms with E-state index in [1.54, 1.807) is 6.20 Å². The van der Waals surface area contributed by atoms with Gasteiger partial charge in [0.1, 0.15) is 0 Å². The van der Waals surface area contributed by atoms with Crippen molar-refractivity contribution in [3.05, 3.63) is 133 Å². The van der Waals surface area contributed by atoms with Gasteiger partial charge in [-0.25, -0.2) is 0 Å². The van der Waals surface area contributed by atoms with Crippen molar-refractivity contribution in [2.75, 3.05) is 21.7 Å². The fraction of sp³-hybridized carbons (Fsp3) is 0.0909. The molecule has 0 radical (unpaired) electrons. The molecule has 0 aliphatic carbocycles. The van der Waals surface area contributed by atoms with Crippen molar-refractivity contribution in [1.29, 1.82) is 0 Å². The van der Waals surface area contributed by atoms with Gasteiger partial charge in [-0.1, -0.05) is 42.1 Å². The molecule has 0 saturated heterocycles. The van der Waals surface area contributed by atoms with Crippen LogP contribution in [-0.2, 0) is 20.1 Å². The Morgan fingerprint density at radius 3 is 2.11 bits per heavy atom. The van der Waals surface area contributed by atoms with E-state index in [0.717, 1.165) is 16.9 Å². The second kappa shape index (κ2) is 10.8. The SMILES string of the molecule is Cc1cccc(C)c1N1[CH-]N2c3[c-]cccc3N(C)c3cccc1c32.[Ir+3].[c-]1ccccc1-c1ccccn1. The van der Waals surface area contributed by atoms with Crippen LogP contribution < -0.4 is 14.7 Å². The van der Waals surface area contributed by atoms with Crippen LogP contribution in [0.5, 0.6) is 0 Å². The Bertz CT molecular complexity index is 1490. The molecule has 1 aromatic heterocycles. The summed E-state index contributed by atoms with van der Waals surface area (Å²) >= 11 is 0. The fourth-order valence-electron chi connectivity index (χ4n) is 5.09. The molecule has 0 unspecified atom stereocenters. The maximum absolute atomic E-state index is 4.22. The zero-order valence-corrected chi connectivity index (χ0v) is 23.9. The summed E-state index contributed by atoms with van der Waals surface area (Å²) in [6.45, 7) is 6.55. The molecule has 38 heavy (non-hydrogen) atoms. The number of nitrogens with zero attached hydrogens (tertiary/aromatic N) is 4. The summed E-state index contributed by atoms with van der Waals surface area (Å²) in [6, 6.07) is 39.4. The minimum Gasteiger partial charge on any atom is -0.490 e. The molecule has 0 atom stereocenters. The summed E-state index contributed by atoms with van der Waals surface area (Å²) in [6.07, 6.45) is 1.79. The molecule has 0 N–H and O–H groups in total. The number of anilines is 6. The zero-order chi connectivity index (χ0) is 25.4. The predicted molar refractivity (Wildman–Crippen MR) is 153 cm³/mol. The standard InChI is InChI=1S/C22H19N3.C11H8N.Ir/c1-15-8-6-9-16(2)21(15)25-14-24-18-11-5-4-10-17(18)23(3)19-12-7-13-20(25)22(19)24;1-2-6-10(7-3-1)11-8-4-5-9-12-11;/h4-10,12-14H,1-3H3;1-6,8-9H;/q-2;-1;+3. The van der Waals surface area contributed by atoms with Gasteiger partial charge in [0, 0.05) is 17.6 Å². The molecule has 5 heteroatoms. The van der Waals surface area contributed by atoms with Crippen LogP contribution in [0.2, 0.25) is 0 Å². The number of para-hydroxylation sites is 3. The van der Waals surface area contributed by atoms with Gasteiger partial charge < -0.3 is 19.7 Å². The van der Waals surface area contributed by atoms with E-state index < -0.39 is 0 Å². The molecular formula is C33H27IrN4. The van der Waals surface area contributed by atoms with Crippen LogP contribution in [-0.4, -0.2) is 12.0 Å². The monoisotopic (exact) mass is 672 g/mol. The largest absolute Gasteiger partial charge is 3.00 e. The molecule has 3 heterocycles. The third-order valence-corrected chi connectivity index (χ3v) is 6.83. The molecule has 7 rings (SSSR count). The maximum Gasteiger partial charge on any atom is 3.00 e. The molecule has 5 aromatic rings. The van der Waals surface area contributed by atoms with E-state index in [0.29, 0.717) is 0 Å². The summed E-state index contributed by atoms with van der Waals surface area (Å²) in [5, 5.41) is 0. The Kier molecular flexibility index (Phi) is 7.33. The molecule has 4 aromatic carbocycles. The quantitative estimate of drug-likeness (QED) is 0.177. The van der Waals surface area contributed by atoms with Gasteiger partial charge >= 0.3 is 20.1 Å². The van der Waals surface area contributed by atoms with Crippen LogP contribution in [0.25, 0.3) is 11.3 Å². The normalized spacial score (nSPS) is 12.7. The second-order valence-corrected chi connectivity index (χ2v) is 9.19. The number of hydrogen-bond acceptors (Lipinski definition) is 4. The van der Waals surface area contributed by atoms with Gasteiger partial charge in [0.05, 0.1) is 11.4 Å². The van der Waals surface area contributed by atoms with Gasteiger partial charge in [-0.15, -0.1) is 48.6 Å². The maximum atomic E-state index is 4.22. The van der Waals surface area contributed by atoms with E-state index in [-0.39, 0.29) is 20.1 Å². The number of pyridine rings is 1. The second-order valence-electron chi connectivity index (χ2n) is 9.19. The minimum atomic E-state index is 0. The van der Waals surface area contributed by atoms with Gasteiger partial charge in [-0.2, -0.15) is 18.2 Å². The number of hydrogen-bond donors (Lipinski definition) is 0. The topological polar surface area (TPSA) is 22.6 Å². The Labute approximate surface area is 238 Å². The first-order chi connectivity index (χ1) is 18.1. The predicted octanol–water partition coefficient (Wildman–Crippen LogP) is 8.14. The molecule has 0 bridgehead atoms. The van der Waals surface area contributed by atoms with E-state index in [1.807, 2.05) is 54.6 Å². The first kappa shape index (κ1) is 25.7. The number of fused-ring (bicyclic) bond motifs is 2. The average molecular weight is 672 g/mol. The van der Waals surface area contributed by atoms with Crippen LogP contribution in [0, 0.1) is 32.6 Å². The molecule has 0 amide bonds. The first-order valence-corrected chi connectivity index (χ1v) is 12.4. The first-order valence-electron chi connectivity index (χ1n) is 12.4. The Morgan fingerprint density at radius 1 is 0.658 bits per heavy atom. The molecule has 0 fully saturated rings. The van der Waals surface area contributed by atoms with Crippen molar-refractivity contribution in [1.82, 2.24) is 4.98 Å². The molecule has 2 aliphatic rings. The smallest absolute Gasteiger partial charge is 0.490 e. The molecule has 0 spiro atoms. The molecule has 0 saturated carbocycles. The number of rotatable bonds is 2. The Hall–Kier alpha value is -3.92. The summed E-state index contributed by atoms with van der Waals surface area (Å²) in [5.74, 6) is 0. The summed E-state index contributed by atoms with van der Waals surface area (Å²) in [7, 11) is 2.13. The van der Waals surface area contributed by atoms with Crippen molar-refractivity contribution in [2.24, 2.45) is 0 Å². The van der Waals surface area contributed by atoms with Crippen LogP contribution >= 0.6 is 0 Å². The third kappa shape index (κ3) is 4.49. The van der Waals surface area contributed by atoms with Gasteiger partial charge in [-0.3, -0.25) is 0 Å². The number of aryl methyl sites for hydroxylation is 2. The van der Waals surface area contributed by atoms with E-state index in [4.69, 9.17) is 0 Å².